The highest BCUT2D eigenvalue weighted by Crippen LogP contribution is 2.26. The van der Waals surface area contributed by atoms with Crippen LogP contribution in [0.3, 0.4) is 0 Å². The van der Waals surface area contributed by atoms with E-state index in [9.17, 15) is 9.59 Å². The second-order valence-corrected chi connectivity index (χ2v) is 10.6. The Morgan fingerprint density at radius 1 is 0.941 bits per heavy atom. The van der Waals surface area contributed by atoms with E-state index in [4.69, 9.17) is 4.74 Å². The molecule has 4 rings (SSSR count). The molecule has 34 heavy (non-hydrogen) atoms. The number of amides is 2. The normalized spacial score (nSPS) is 18.2. The highest BCUT2D eigenvalue weighted by molar-refractivity contribution is 5.93. The van der Waals surface area contributed by atoms with Crippen LogP contribution in [0.2, 0.25) is 0 Å². The van der Waals surface area contributed by atoms with Crippen LogP contribution in [0.5, 0.6) is 0 Å². The Bertz CT molecular complexity index is 993. The van der Waals surface area contributed by atoms with E-state index in [0.717, 1.165) is 51.3 Å². The average molecular weight is 467 g/mol. The number of piperazine rings is 1. The van der Waals surface area contributed by atoms with E-state index in [-0.39, 0.29) is 18.0 Å². The first-order valence-electron chi connectivity index (χ1n) is 12.4. The SMILES string of the molecule is Cc1cccc(CN2CCN(C(=O)c3cccn3C3CCN(C(=O)OC(C)(C)C)CC3)CC2)c1. The Morgan fingerprint density at radius 2 is 1.65 bits per heavy atom. The fourth-order valence-electron chi connectivity index (χ4n) is 4.89. The van der Waals surface area contributed by atoms with Crippen molar-refractivity contribution in [3.63, 3.8) is 0 Å². The van der Waals surface area contributed by atoms with E-state index in [1.807, 2.05) is 44.0 Å². The summed E-state index contributed by atoms with van der Waals surface area (Å²) in [5, 5.41) is 0. The molecule has 2 saturated heterocycles. The number of ether oxygens (including phenoxy) is 1. The highest BCUT2D eigenvalue weighted by atomic mass is 16.6. The van der Waals surface area contributed by atoms with Gasteiger partial charge in [-0.15, -0.1) is 0 Å². The number of nitrogens with zero attached hydrogens (tertiary/aromatic N) is 4. The maximum atomic E-state index is 13.4. The van der Waals surface area contributed by atoms with Gasteiger partial charge in [0.2, 0.25) is 0 Å². The molecule has 7 heteroatoms. The highest BCUT2D eigenvalue weighted by Gasteiger charge is 2.30. The third-order valence-electron chi connectivity index (χ3n) is 6.66. The molecule has 0 N–H and O–H groups in total. The lowest BCUT2D eigenvalue weighted by atomic mass is 10.0. The number of carbonyl (C=O) groups excluding carboxylic acids is 2. The van der Waals surface area contributed by atoms with E-state index in [0.29, 0.717) is 13.1 Å². The molecule has 0 aliphatic carbocycles. The fraction of sp³-hybridized carbons (Fsp3) is 0.556. The number of hydrogen-bond acceptors (Lipinski definition) is 4. The second-order valence-electron chi connectivity index (χ2n) is 10.6. The first kappa shape index (κ1) is 24.3. The van der Waals surface area contributed by atoms with Crippen molar-refractivity contribution in [1.82, 2.24) is 19.3 Å². The molecule has 2 aliphatic heterocycles. The quantitative estimate of drug-likeness (QED) is 0.673. The summed E-state index contributed by atoms with van der Waals surface area (Å²) < 4.78 is 7.63. The fourth-order valence-corrected chi connectivity index (χ4v) is 4.89. The van der Waals surface area contributed by atoms with Crippen molar-refractivity contribution in [1.29, 1.82) is 0 Å². The number of hydrogen-bond donors (Lipinski definition) is 0. The lowest BCUT2D eigenvalue weighted by Gasteiger charge is -2.36. The van der Waals surface area contributed by atoms with Crippen molar-refractivity contribution in [2.75, 3.05) is 39.3 Å². The van der Waals surface area contributed by atoms with Gasteiger partial charge in [0.25, 0.3) is 5.91 Å². The van der Waals surface area contributed by atoms with Crippen molar-refractivity contribution in [3.05, 3.63) is 59.4 Å². The summed E-state index contributed by atoms with van der Waals surface area (Å²) in [5.41, 5.74) is 2.87. The molecular formula is C27H38N4O3. The van der Waals surface area contributed by atoms with Crippen molar-refractivity contribution in [2.24, 2.45) is 0 Å². The Labute approximate surface area is 203 Å². The van der Waals surface area contributed by atoms with E-state index in [1.165, 1.54) is 11.1 Å². The summed E-state index contributed by atoms with van der Waals surface area (Å²) in [4.78, 5) is 31.9. The number of carbonyl (C=O) groups is 2. The number of benzene rings is 1. The Balaban J connectivity index is 1.31. The third kappa shape index (κ3) is 6.00. The van der Waals surface area contributed by atoms with Gasteiger partial charge in [0, 0.05) is 58.1 Å². The molecule has 0 bridgehead atoms. The second kappa shape index (κ2) is 10.2. The lowest BCUT2D eigenvalue weighted by Crippen LogP contribution is -2.49. The first-order chi connectivity index (χ1) is 16.2. The number of likely N-dealkylation sites (tertiary alicyclic amines) is 1. The monoisotopic (exact) mass is 466 g/mol. The van der Waals surface area contributed by atoms with Gasteiger partial charge in [-0.3, -0.25) is 9.69 Å². The summed E-state index contributed by atoms with van der Waals surface area (Å²) >= 11 is 0. The van der Waals surface area contributed by atoms with Crippen molar-refractivity contribution >= 4 is 12.0 Å². The van der Waals surface area contributed by atoms with Crippen LogP contribution in [-0.4, -0.2) is 76.1 Å². The zero-order chi connectivity index (χ0) is 24.3. The molecule has 0 radical (unpaired) electrons. The minimum atomic E-state index is -0.488. The van der Waals surface area contributed by atoms with Gasteiger partial charge in [-0.2, -0.15) is 0 Å². The van der Waals surface area contributed by atoms with Gasteiger partial charge in [0.1, 0.15) is 11.3 Å². The minimum absolute atomic E-state index is 0.106. The lowest BCUT2D eigenvalue weighted by molar-refractivity contribution is 0.0186. The van der Waals surface area contributed by atoms with Gasteiger partial charge >= 0.3 is 6.09 Å². The van der Waals surface area contributed by atoms with Crippen LogP contribution in [0.1, 0.15) is 61.3 Å². The molecule has 3 heterocycles. The molecule has 1 aromatic heterocycles. The standard InChI is InChI=1S/C27H38N4O3/c1-21-7-5-8-22(19-21)20-28-15-17-29(18-16-28)25(32)24-9-6-12-31(24)23-10-13-30(14-11-23)26(33)34-27(2,3)4/h5-9,12,19,23H,10-11,13-18,20H2,1-4H3. The maximum Gasteiger partial charge on any atom is 0.410 e. The number of aromatic nitrogens is 1. The van der Waals surface area contributed by atoms with Crippen LogP contribution in [0.15, 0.2) is 42.6 Å². The molecule has 184 valence electrons. The molecule has 0 atom stereocenters. The van der Waals surface area contributed by atoms with E-state index < -0.39 is 5.60 Å². The van der Waals surface area contributed by atoms with Gasteiger partial charge in [-0.1, -0.05) is 29.8 Å². The van der Waals surface area contributed by atoms with Gasteiger partial charge in [0.05, 0.1) is 0 Å². The number of piperidine rings is 1. The minimum Gasteiger partial charge on any atom is -0.444 e. The van der Waals surface area contributed by atoms with Gasteiger partial charge in [0.15, 0.2) is 0 Å². The van der Waals surface area contributed by atoms with Gasteiger partial charge in [-0.05, 0) is 58.2 Å². The van der Waals surface area contributed by atoms with Crippen molar-refractivity contribution in [2.45, 2.75) is 58.7 Å². The number of rotatable bonds is 4. The Hall–Kier alpha value is -2.80. The zero-order valence-corrected chi connectivity index (χ0v) is 21.0. The summed E-state index contributed by atoms with van der Waals surface area (Å²) in [6, 6.07) is 12.7. The molecule has 2 aliphatic rings. The van der Waals surface area contributed by atoms with E-state index in [1.54, 1.807) is 4.90 Å². The van der Waals surface area contributed by atoms with Crippen LogP contribution in [0.4, 0.5) is 4.79 Å². The molecule has 2 aromatic rings. The largest absolute Gasteiger partial charge is 0.444 e. The average Bonchev–Trinajstić information content (AvgIpc) is 3.28. The molecule has 1 aromatic carbocycles. The summed E-state index contributed by atoms with van der Waals surface area (Å²) in [5.74, 6) is 0.106. The van der Waals surface area contributed by atoms with E-state index in [2.05, 4.69) is 40.7 Å². The smallest absolute Gasteiger partial charge is 0.410 e. The molecule has 0 unspecified atom stereocenters. The Morgan fingerprint density at radius 3 is 2.29 bits per heavy atom. The van der Waals surface area contributed by atoms with Crippen LogP contribution >= 0.6 is 0 Å². The van der Waals surface area contributed by atoms with Gasteiger partial charge < -0.3 is 19.1 Å². The Kier molecular flexibility index (Phi) is 7.31. The summed E-state index contributed by atoms with van der Waals surface area (Å²) in [6.07, 6.45) is 3.39. The zero-order valence-electron chi connectivity index (χ0n) is 21.0. The topological polar surface area (TPSA) is 58.0 Å². The van der Waals surface area contributed by atoms with Crippen LogP contribution < -0.4 is 0 Å². The predicted molar refractivity (Wildman–Crippen MR) is 133 cm³/mol. The molecule has 2 fully saturated rings. The molecule has 7 nitrogen and oxygen atoms in total. The third-order valence-corrected chi connectivity index (χ3v) is 6.66. The van der Waals surface area contributed by atoms with Crippen molar-refractivity contribution in [3.8, 4) is 0 Å². The van der Waals surface area contributed by atoms with Crippen LogP contribution in [-0.2, 0) is 11.3 Å². The van der Waals surface area contributed by atoms with Crippen LogP contribution in [0.25, 0.3) is 0 Å². The molecular weight excluding hydrogens is 428 g/mol. The first-order valence-corrected chi connectivity index (χ1v) is 12.4. The van der Waals surface area contributed by atoms with Gasteiger partial charge in [-0.25, -0.2) is 4.79 Å². The molecule has 2 amide bonds. The maximum absolute atomic E-state index is 13.4. The van der Waals surface area contributed by atoms with E-state index >= 15 is 0 Å². The summed E-state index contributed by atoms with van der Waals surface area (Å²) in [7, 11) is 0. The summed E-state index contributed by atoms with van der Waals surface area (Å²) in [6.45, 7) is 13.2. The van der Waals surface area contributed by atoms with Crippen LogP contribution in [0, 0.1) is 6.92 Å². The molecule has 0 spiro atoms. The predicted octanol–water partition coefficient (Wildman–Crippen LogP) is 4.33. The van der Waals surface area contributed by atoms with Crippen molar-refractivity contribution < 1.29 is 14.3 Å². The molecule has 0 saturated carbocycles. The number of aryl methyl sites for hydroxylation is 1.